The highest BCUT2D eigenvalue weighted by Gasteiger charge is 2.39. The summed E-state index contributed by atoms with van der Waals surface area (Å²) in [5.41, 5.74) is 0. The van der Waals surface area contributed by atoms with E-state index in [1.165, 1.54) is 0 Å². The van der Waals surface area contributed by atoms with Crippen LogP contribution in [0, 0.1) is 5.92 Å². The maximum Gasteiger partial charge on any atom is 0.311 e. The Hall–Kier alpha value is -1.14. The lowest BCUT2D eigenvalue weighted by Gasteiger charge is -2.30. The molecule has 1 amide bonds. The summed E-state index contributed by atoms with van der Waals surface area (Å²) in [6.07, 6.45) is 1.63. The average molecular weight is 273 g/mol. The second-order valence-corrected chi connectivity index (χ2v) is 4.69. The fourth-order valence-electron chi connectivity index (χ4n) is 2.19. The van der Waals surface area contributed by atoms with Crippen molar-refractivity contribution in [2.24, 2.45) is 5.92 Å². The molecule has 0 aromatic carbocycles. The summed E-state index contributed by atoms with van der Waals surface area (Å²) in [5, 5.41) is 9.15. The molecule has 1 rings (SSSR count). The van der Waals surface area contributed by atoms with Crippen LogP contribution in [0.1, 0.15) is 26.7 Å². The summed E-state index contributed by atoms with van der Waals surface area (Å²) >= 11 is 0. The molecule has 0 bridgehead atoms. The number of hydrogen-bond donors (Lipinski definition) is 1. The molecular weight excluding hydrogens is 250 g/mol. The maximum absolute atomic E-state index is 12.1. The fourth-order valence-corrected chi connectivity index (χ4v) is 2.19. The first-order valence-corrected chi connectivity index (χ1v) is 6.79. The normalized spacial score (nSPS) is 22.4. The zero-order valence-electron chi connectivity index (χ0n) is 11.6. The SMILES string of the molecule is CCCOCC(=O)N(CCC)C1COCC1C(=O)O. The smallest absolute Gasteiger partial charge is 0.311 e. The first-order chi connectivity index (χ1) is 9.11. The molecule has 1 saturated heterocycles. The lowest BCUT2D eigenvalue weighted by atomic mass is 10.0. The van der Waals surface area contributed by atoms with Gasteiger partial charge in [-0.05, 0) is 12.8 Å². The van der Waals surface area contributed by atoms with Gasteiger partial charge in [-0.15, -0.1) is 0 Å². The van der Waals surface area contributed by atoms with Gasteiger partial charge in [-0.25, -0.2) is 0 Å². The van der Waals surface area contributed by atoms with Crippen LogP contribution in [-0.2, 0) is 19.1 Å². The Morgan fingerprint density at radius 1 is 1.32 bits per heavy atom. The summed E-state index contributed by atoms with van der Waals surface area (Å²) in [7, 11) is 0. The van der Waals surface area contributed by atoms with Crippen LogP contribution in [0.15, 0.2) is 0 Å². The van der Waals surface area contributed by atoms with Gasteiger partial charge in [0, 0.05) is 13.2 Å². The minimum Gasteiger partial charge on any atom is -0.481 e. The second-order valence-electron chi connectivity index (χ2n) is 4.69. The number of carboxylic acids is 1. The van der Waals surface area contributed by atoms with Crippen molar-refractivity contribution in [2.75, 3.05) is 33.0 Å². The minimum atomic E-state index is -0.911. The van der Waals surface area contributed by atoms with Gasteiger partial charge in [0.15, 0.2) is 0 Å². The van der Waals surface area contributed by atoms with Crippen molar-refractivity contribution < 1.29 is 24.2 Å². The van der Waals surface area contributed by atoms with E-state index in [0.717, 1.165) is 12.8 Å². The Morgan fingerprint density at radius 3 is 2.63 bits per heavy atom. The van der Waals surface area contributed by atoms with Crippen molar-refractivity contribution in [3.05, 3.63) is 0 Å². The van der Waals surface area contributed by atoms with Crippen molar-refractivity contribution in [3.63, 3.8) is 0 Å². The summed E-state index contributed by atoms with van der Waals surface area (Å²) in [6, 6.07) is -0.379. The zero-order valence-corrected chi connectivity index (χ0v) is 11.6. The van der Waals surface area contributed by atoms with E-state index in [1.807, 2.05) is 13.8 Å². The van der Waals surface area contributed by atoms with Crippen molar-refractivity contribution in [1.29, 1.82) is 0 Å². The molecule has 1 aliphatic rings. The lowest BCUT2D eigenvalue weighted by molar-refractivity contribution is -0.146. The van der Waals surface area contributed by atoms with E-state index in [2.05, 4.69) is 0 Å². The highest BCUT2D eigenvalue weighted by Crippen LogP contribution is 2.20. The van der Waals surface area contributed by atoms with Gasteiger partial charge in [-0.1, -0.05) is 13.8 Å². The first-order valence-electron chi connectivity index (χ1n) is 6.79. The number of carbonyl (C=O) groups excluding carboxylic acids is 1. The minimum absolute atomic E-state index is 0.0106. The van der Waals surface area contributed by atoms with Crippen molar-refractivity contribution in [3.8, 4) is 0 Å². The predicted molar refractivity (Wildman–Crippen MR) is 68.8 cm³/mol. The zero-order chi connectivity index (χ0) is 14.3. The van der Waals surface area contributed by atoms with Crippen LogP contribution in [0.5, 0.6) is 0 Å². The Labute approximate surface area is 113 Å². The number of aliphatic carboxylic acids is 1. The number of amides is 1. The largest absolute Gasteiger partial charge is 0.481 e. The maximum atomic E-state index is 12.1. The average Bonchev–Trinajstić information content (AvgIpc) is 2.85. The Morgan fingerprint density at radius 2 is 2.05 bits per heavy atom. The number of hydrogen-bond acceptors (Lipinski definition) is 4. The molecule has 1 heterocycles. The van der Waals surface area contributed by atoms with Gasteiger partial charge in [0.2, 0.25) is 5.91 Å². The molecule has 2 atom stereocenters. The predicted octanol–water partition coefficient (Wildman–Crippen LogP) is 0.751. The van der Waals surface area contributed by atoms with Crippen molar-refractivity contribution in [1.82, 2.24) is 4.90 Å². The molecule has 1 aliphatic heterocycles. The Balaban J connectivity index is 2.64. The summed E-state index contributed by atoms with van der Waals surface area (Å²) in [6.45, 7) is 5.47. The molecule has 6 heteroatoms. The van der Waals surface area contributed by atoms with E-state index in [-0.39, 0.29) is 31.8 Å². The van der Waals surface area contributed by atoms with Crippen LogP contribution in [0.4, 0.5) is 0 Å². The van der Waals surface area contributed by atoms with E-state index in [1.54, 1.807) is 4.90 Å². The number of carbonyl (C=O) groups is 2. The lowest BCUT2D eigenvalue weighted by Crippen LogP contribution is -2.48. The van der Waals surface area contributed by atoms with Crippen LogP contribution in [-0.4, -0.2) is 60.9 Å². The molecule has 1 N–H and O–H groups in total. The van der Waals surface area contributed by atoms with E-state index in [9.17, 15) is 9.59 Å². The number of ether oxygens (including phenoxy) is 2. The molecule has 0 aliphatic carbocycles. The van der Waals surface area contributed by atoms with Gasteiger partial charge >= 0.3 is 5.97 Å². The topological polar surface area (TPSA) is 76.1 Å². The monoisotopic (exact) mass is 273 g/mol. The van der Waals surface area contributed by atoms with Gasteiger partial charge in [-0.2, -0.15) is 0 Å². The van der Waals surface area contributed by atoms with Crippen LogP contribution in [0.25, 0.3) is 0 Å². The number of carboxylic acid groups (broad SMARTS) is 1. The molecule has 0 saturated carbocycles. The molecule has 6 nitrogen and oxygen atoms in total. The molecule has 1 fully saturated rings. The molecule has 2 unspecified atom stereocenters. The standard InChI is InChI=1S/C13H23NO5/c1-3-5-14(12(15)9-18-6-4-2)11-8-19-7-10(11)13(16)17/h10-11H,3-9H2,1-2H3,(H,16,17). The van der Waals surface area contributed by atoms with Gasteiger partial charge in [-0.3, -0.25) is 9.59 Å². The Kier molecular flexibility index (Phi) is 6.80. The van der Waals surface area contributed by atoms with Gasteiger partial charge in [0.05, 0.1) is 19.3 Å². The Bertz CT molecular complexity index is 307. The second kappa shape index (κ2) is 8.12. The highest BCUT2D eigenvalue weighted by atomic mass is 16.5. The molecule has 19 heavy (non-hydrogen) atoms. The molecule has 0 spiro atoms. The van der Waals surface area contributed by atoms with Gasteiger partial charge in [0.1, 0.15) is 12.5 Å². The van der Waals surface area contributed by atoms with Gasteiger partial charge in [0.25, 0.3) is 0 Å². The number of nitrogens with zero attached hydrogens (tertiary/aromatic N) is 1. The fraction of sp³-hybridized carbons (Fsp3) is 0.846. The summed E-state index contributed by atoms with van der Waals surface area (Å²) in [4.78, 5) is 24.9. The van der Waals surface area contributed by atoms with E-state index >= 15 is 0 Å². The quantitative estimate of drug-likeness (QED) is 0.660. The molecule has 0 aromatic rings. The number of rotatable bonds is 8. The third-order valence-electron chi connectivity index (χ3n) is 3.13. The molecular formula is C13H23NO5. The van der Waals surface area contributed by atoms with E-state index < -0.39 is 11.9 Å². The molecule has 0 aromatic heterocycles. The molecule has 0 radical (unpaired) electrons. The third kappa shape index (κ3) is 4.47. The highest BCUT2D eigenvalue weighted by molar-refractivity contribution is 5.79. The molecule has 110 valence electrons. The van der Waals surface area contributed by atoms with Crippen LogP contribution < -0.4 is 0 Å². The van der Waals surface area contributed by atoms with Crippen LogP contribution in [0.2, 0.25) is 0 Å². The van der Waals surface area contributed by atoms with Crippen LogP contribution in [0.3, 0.4) is 0 Å². The van der Waals surface area contributed by atoms with E-state index in [0.29, 0.717) is 13.2 Å². The van der Waals surface area contributed by atoms with Crippen LogP contribution >= 0.6 is 0 Å². The summed E-state index contributed by atoms with van der Waals surface area (Å²) in [5.74, 6) is -1.70. The van der Waals surface area contributed by atoms with E-state index in [4.69, 9.17) is 14.6 Å². The van der Waals surface area contributed by atoms with Gasteiger partial charge < -0.3 is 19.5 Å². The third-order valence-corrected chi connectivity index (χ3v) is 3.13. The first kappa shape index (κ1) is 15.9. The van der Waals surface area contributed by atoms with Crippen molar-refractivity contribution >= 4 is 11.9 Å². The van der Waals surface area contributed by atoms with Crippen molar-refractivity contribution in [2.45, 2.75) is 32.7 Å². The summed E-state index contributed by atoms with van der Waals surface area (Å²) < 4.78 is 10.5.